The molecule has 0 fully saturated rings. The number of carbonyl (C=O) groups is 1. The molecule has 0 unspecified atom stereocenters. The number of benzene rings is 2. The lowest BCUT2D eigenvalue weighted by Crippen LogP contribution is -2.23. The average Bonchev–Trinajstić information content (AvgIpc) is 3.13. The van der Waals surface area contributed by atoms with Crippen molar-refractivity contribution < 1.29 is 18.3 Å². The van der Waals surface area contributed by atoms with Crippen molar-refractivity contribution in [2.45, 2.75) is 6.54 Å². The highest BCUT2D eigenvalue weighted by molar-refractivity contribution is 6.02. The Labute approximate surface area is 194 Å². The Bertz CT molecular complexity index is 1390. The van der Waals surface area contributed by atoms with Crippen molar-refractivity contribution in [2.24, 2.45) is 0 Å². The van der Waals surface area contributed by atoms with Crippen LogP contribution in [-0.4, -0.2) is 41.0 Å². The molecule has 2 heterocycles. The van der Waals surface area contributed by atoms with Crippen LogP contribution in [0.1, 0.15) is 5.56 Å². The van der Waals surface area contributed by atoms with Crippen LogP contribution in [0.15, 0.2) is 76.2 Å². The monoisotopic (exact) mass is 462 g/mol. The third kappa shape index (κ3) is 5.57. The van der Waals surface area contributed by atoms with Crippen LogP contribution in [0, 0.1) is 5.82 Å². The molecule has 0 aliphatic heterocycles. The quantitative estimate of drug-likeness (QED) is 0.396. The SMILES string of the molecule is CN(C)CCn1c(=O)oc2ccc(NC(=O)/C=C/c3ccc(Oc4cccnc4)c(F)c3)cc21. The van der Waals surface area contributed by atoms with Gasteiger partial charge in [-0.3, -0.25) is 14.3 Å². The first-order chi connectivity index (χ1) is 16.4. The number of nitrogens with zero attached hydrogens (tertiary/aromatic N) is 3. The smallest absolute Gasteiger partial charge is 0.419 e. The minimum Gasteiger partial charge on any atom is -0.453 e. The molecule has 0 aliphatic carbocycles. The molecule has 0 bridgehead atoms. The Kier molecular flexibility index (Phi) is 6.84. The van der Waals surface area contributed by atoms with Crippen LogP contribution in [0.3, 0.4) is 0 Å². The Morgan fingerprint density at radius 3 is 2.82 bits per heavy atom. The third-order valence-corrected chi connectivity index (χ3v) is 4.95. The first-order valence-corrected chi connectivity index (χ1v) is 10.5. The number of ether oxygens (including phenoxy) is 1. The number of oxazole rings is 1. The number of pyridine rings is 1. The van der Waals surface area contributed by atoms with Gasteiger partial charge in [-0.25, -0.2) is 9.18 Å². The van der Waals surface area contributed by atoms with E-state index in [0.717, 1.165) is 0 Å². The zero-order chi connectivity index (χ0) is 24.1. The standard InChI is InChI=1S/C25H23FN4O4/c1-29(2)12-13-30-21-15-18(7-9-23(21)34-25(30)32)28-24(31)10-6-17-5-8-22(20(26)14-17)33-19-4-3-11-27-16-19/h3-11,14-16H,12-13H2,1-2H3,(H,28,31)/b10-6+. The van der Waals surface area contributed by atoms with E-state index >= 15 is 0 Å². The van der Waals surface area contributed by atoms with Gasteiger partial charge in [-0.2, -0.15) is 0 Å². The summed E-state index contributed by atoms with van der Waals surface area (Å²) in [6.07, 6.45) is 5.88. The molecule has 2 aromatic heterocycles. The highest BCUT2D eigenvalue weighted by Crippen LogP contribution is 2.25. The summed E-state index contributed by atoms with van der Waals surface area (Å²) in [5, 5.41) is 2.75. The summed E-state index contributed by atoms with van der Waals surface area (Å²) in [4.78, 5) is 30.4. The van der Waals surface area contributed by atoms with E-state index < -0.39 is 17.5 Å². The van der Waals surface area contributed by atoms with Gasteiger partial charge in [-0.1, -0.05) is 6.07 Å². The number of hydrogen-bond acceptors (Lipinski definition) is 6. The molecule has 0 saturated heterocycles. The summed E-state index contributed by atoms with van der Waals surface area (Å²) < 4.78 is 26.7. The van der Waals surface area contributed by atoms with Crippen LogP contribution >= 0.6 is 0 Å². The fourth-order valence-electron chi connectivity index (χ4n) is 3.25. The number of aromatic nitrogens is 2. The van der Waals surface area contributed by atoms with Crippen molar-refractivity contribution >= 4 is 28.8 Å². The largest absolute Gasteiger partial charge is 0.453 e. The first-order valence-electron chi connectivity index (χ1n) is 10.5. The van der Waals surface area contributed by atoms with Crippen LogP contribution in [0.25, 0.3) is 17.2 Å². The molecular weight excluding hydrogens is 439 g/mol. The summed E-state index contributed by atoms with van der Waals surface area (Å²) in [7, 11) is 3.83. The average molecular weight is 462 g/mol. The Morgan fingerprint density at radius 2 is 2.09 bits per heavy atom. The highest BCUT2D eigenvalue weighted by Gasteiger charge is 2.11. The maximum atomic E-state index is 14.4. The number of carbonyl (C=O) groups excluding carboxylic acids is 1. The van der Waals surface area contributed by atoms with Gasteiger partial charge >= 0.3 is 5.76 Å². The van der Waals surface area contributed by atoms with Gasteiger partial charge in [-0.05, 0) is 68.2 Å². The molecule has 4 aromatic rings. The van der Waals surface area contributed by atoms with Gasteiger partial charge in [0, 0.05) is 31.0 Å². The Hall–Kier alpha value is -4.24. The summed E-state index contributed by atoms with van der Waals surface area (Å²) in [6, 6.07) is 12.7. The number of fused-ring (bicyclic) bond motifs is 1. The van der Waals surface area contributed by atoms with Gasteiger partial charge in [0.2, 0.25) is 5.91 Å². The van der Waals surface area contributed by atoms with Gasteiger partial charge in [-0.15, -0.1) is 0 Å². The van der Waals surface area contributed by atoms with Crippen molar-refractivity contribution in [3.05, 3.63) is 88.9 Å². The van der Waals surface area contributed by atoms with Gasteiger partial charge in [0.15, 0.2) is 17.1 Å². The van der Waals surface area contributed by atoms with Gasteiger partial charge in [0.25, 0.3) is 0 Å². The number of likely N-dealkylation sites (N-methyl/N-ethyl adjacent to an activating group) is 1. The number of amides is 1. The second kappa shape index (κ2) is 10.1. The summed E-state index contributed by atoms with van der Waals surface area (Å²) in [5.74, 6) is -0.930. The fourth-order valence-corrected chi connectivity index (χ4v) is 3.25. The second-order valence-electron chi connectivity index (χ2n) is 7.81. The predicted molar refractivity (Wildman–Crippen MR) is 127 cm³/mol. The van der Waals surface area contributed by atoms with E-state index in [9.17, 15) is 14.0 Å². The van der Waals surface area contributed by atoms with E-state index in [1.54, 1.807) is 42.6 Å². The van der Waals surface area contributed by atoms with E-state index in [-0.39, 0.29) is 5.75 Å². The van der Waals surface area contributed by atoms with Crippen LogP contribution in [-0.2, 0) is 11.3 Å². The molecule has 8 nitrogen and oxygen atoms in total. The number of hydrogen-bond donors (Lipinski definition) is 1. The number of halogens is 1. The topological polar surface area (TPSA) is 89.6 Å². The molecule has 4 rings (SSSR count). The molecular formula is C25H23FN4O4. The van der Waals surface area contributed by atoms with Crippen LogP contribution < -0.4 is 15.8 Å². The predicted octanol–water partition coefficient (Wildman–Crippen LogP) is 4.13. The van der Waals surface area contributed by atoms with Gasteiger partial charge in [0.1, 0.15) is 5.75 Å². The second-order valence-corrected chi connectivity index (χ2v) is 7.81. The van der Waals surface area contributed by atoms with Crippen LogP contribution in [0.2, 0.25) is 0 Å². The Morgan fingerprint density at radius 1 is 1.24 bits per heavy atom. The minimum absolute atomic E-state index is 0.0586. The highest BCUT2D eigenvalue weighted by atomic mass is 19.1. The van der Waals surface area contributed by atoms with E-state index in [0.29, 0.717) is 41.2 Å². The minimum atomic E-state index is -0.562. The normalized spacial score (nSPS) is 11.4. The molecule has 0 spiro atoms. The third-order valence-electron chi connectivity index (χ3n) is 4.95. The maximum Gasteiger partial charge on any atom is 0.419 e. The molecule has 0 saturated carbocycles. The van der Waals surface area contributed by atoms with Gasteiger partial charge < -0.3 is 19.4 Å². The van der Waals surface area contributed by atoms with Gasteiger partial charge in [0.05, 0.1) is 11.7 Å². The van der Waals surface area contributed by atoms with Crippen molar-refractivity contribution in [3.63, 3.8) is 0 Å². The molecule has 34 heavy (non-hydrogen) atoms. The van der Waals surface area contributed by atoms with Crippen molar-refractivity contribution in [1.29, 1.82) is 0 Å². The number of nitrogens with one attached hydrogen (secondary N) is 1. The molecule has 9 heteroatoms. The summed E-state index contributed by atoms with van der Waals surface area (Å²) >= 11 is 0. The summed E-state index contributed by atoms with van der Waals surface area (Å²) in [5.41, 5.74) is 2.04. The zero-order valence-electron chi connectivity index (χ0n) is 18.7. The lowest BCUT2D eigenvalue weighted by molar-refractivity contribution is -0.111. The maximum absolute atomic E-state index is 14.4. The van der Waals surface area contributed by atoms with Crippen molar-refractivity contribution in [1.82, 2.24) is 14.5 Å². The molecule has 1 N–H and O–H groups in total. The Balaban J connectivity index is 1.44. The van der Waals surface area contributed by atoms with E-state index in [1.807, 2.05) is 19.0 Å². The van der Waals surface area contributed by atoms with Crippen LogP contribution in [0.5, 0.6) is 11.5 Å². The molecule has 0 aliphatic rings. The molecule has 0 atom stereocenters. The number of anilines is 1. The van der Waals surface area contributed by atoms with Crippen molar-refractivity contribution in [2.75, 3.05) is 26.0 Å². The summed E-state index contributed by atoms with van der Waals surface area (Å²) in [6.45, 7) is 1.12. The zero-order valence-corrected chi connectivity index (χ0v) is 18.7. The first kappa shape index (κ1) is 22.9. The van der Waals surface area contributed by atoms with Crippen LogP contribution in [0.4, 0.5) is 10.1 Å². The lowest BCUT2D eigenvalue weighted by Gasteiger charge is -2.09. The van der Waals surface area contributed by atoms with E-state index in [2.05, 4.69) is 10.3 Å². The van der Waals surface area contributed by atoms with E-state index in [1.165, 1.54) is 35.0 Å². The molecule has 2 aromatic carbocycles. The fraction of sp³-hybridized carbons (Fsp3) is 0.160. The van der Waals surface area contributed by atoms with E-state index in [4.69, 9.17) is 9.15 Å². The molecule has 174 valence electrons. The molecule has 0 radical (unpaired) electrons. The lowest BCUT2D eigenvalue weighted by atomic mass is 10.2. The molecule has 1 amide bonds. The van der Waals surface area contributed by atoms with Crippen molar-refractivity contribution in [3.8, 4) is 11.5 Å². The number of rotatable bonds is 8.